The topological polar surface area (TPSA) is 79.7 Å². The molecule has 3 aromatic rings. The standard InChI is InChI=1S/C28H42N6O/c1-7-12-24(26-30-31-32-34(26)28(5,6)8-2)33(23-13-10-9-11-14-23)18-22-17-21-16-19(3)15-20(4)25(21)29-27(22)35/h15-17,23-24H,7-14,18H2,1-6H3,(H,29,35)/t24-/m1/s1. The monoisotopic (exact) mass is 478 g/mol. The summed E-state index contributed by atoms with van der Waals surface area (Å²) in [5.74, 6) is 0.924. The second kappa shape index (κ2) is 10.6. The van der Waals surface area contributed by atoms with Crippen molar-refractivity contribution in [1.29, 1.82) is 0 Å². The summed E-state index contributed by atoms with van der Waals surface area (Å²) in [6.45, 7) is 13.6. The first kappa shape index (κ1) is 25.5. The Bertz CT molecular complexity index is 1200. The number of aromatic amines is 1. The highest BCUT2D eigenvalue weighted by molar-refractivity contribution is 5.82. The second-order valence-electron chi connectivity index (χ2n) is 11.1. The van der Waals surface area contributed by atoms with Gasteiger partial charge in [0.15, 0.2) is 5.82 Å². The minimum atomic E-state index is -0.168. The number of aromatic nitrogens is 5. The molecule has 4 rings (SSSR count). The lowest BCUT2D eigenvalue weighted by atomic mass is 9.91. The molecule has 7 heteroatoms. The molecular formula is C28H42N6O. The molecular weight excluding hydrogens is 436 g/mol. The highest BCUT2D eigenvalue weighted by Crippen LogP contribution is 2.35. The molecule has 1 fully saturated rings. The molecule has 7 nitrogen and oxygen atoms in total. The van der Waals surface area contributed by atoms with Crippen LogP contribution in [0.1, 0.15) is 108 Å². The summed E-state index contributed by atoms with van der Waals surface area (Å²) >= 11 is 0. The molecule has 1 atom stereocenters. The zero-order valence-corrected chi connectivity index (χ0v) is 22.4. The quantitative estimate of drug-likeness (QED) is 0.411. The number of fused-ring (bicyclic) bond motifs is 1. The van der Waals surface area contributed by atoms with Gasteiger partial charge in [-0.05, 0) is 86.9 Å². The number of hydrogen-bond donors (Lipinski definition) is 1. The van der Waals surface area contributed by atoms with Crippen molar-refractivity contribution >= 4 is 10.9 Å². The predicted octanol–water partition coefficient (Wildman–Crippen LogP) is 5.95. The van der Waals surface area contributed by atoms with Gasteiger partial charge < -0.3 is 4.98 Å². The first-order valence-corrected chi connectivity index (χ1v) is 13.4. The van der Waals surface area contributed by atoms with Gasteiger partial charge in [-0.1, -0.05) is 51.2 Å². The van der Waals surface area contributed by atoms with Crippen LogP contribution in [0.2, 0.25) is 0 Å². The summed E-state index contributed by atoms with van der Waals surface area (Å²) in [4.78, 5) is 19.0. The fraction of sp³-hybridized carbons (Fsp3) is 0.643. The SMILES string of the molecule is CCC[C@H](c1nnnn1C(C)(C)CC)N(Cc1cc2cc(C)cc(C)c2[nH]c1=O)C1CCCCC1. The smallest absolute Gasteiger partial charge is 0.252 e. The number of nitrogens with one attached hydrogen (secondary N) is 1. The minimum absolute atomic E-state index is 0.00832. The third-order valence-electron chi connectivity index (χ3n) is 7.96. The molecule has 1 aliphatic carbocycles. The molecule has 1 aromatic carbocycles. The predicted molar refractivity (Wildman–Crippen MR) is 142 cm³/mol. The van der Waals surface area contributed by atoms with Gasteiger partial charge in [-0.2, -0.15) is 0 Å². The van der Waals surface area contributed by atoms with E-state index >= 15 is 0 Å². The molecule has 0 amide bonds. The second-order valence-corrected chi connectivity index (χ2v) is 11.1. The van der Waals surface area contributed by atoms with Crippen molar-refractivity contribution in [3.05, 3.63) is 51.1 Å². The lowest BCUT2D eigenvalue weighted by Crippen LogP contribution is -2.42. The van der Waals surface area contributed by atoms with Crippen LogP contribution in [0.4, 0.5) is 0 Å². The third kappa shape index (κ3) is 5.35. The van der Waals surface area contributed by atoms with Crippen LogP contribution < -0.4 is 5.56 Å². The van der Waals surface area contributed by atoms with Crippen molar-refractivity contribution < 1.29 is 0 Å². The molecule has 0 spiro atoms. The van der Waals surface area contributed by atoms with E-state index in [2.05, 4.69) is 85.2 Å². The molecule has 0 radical (unpaired) electrons. The fourth-order valence-corrected chi connectivity index (χ4v) is 5.65. The van der Waals surface area contributed by atoms with Crippen molar-refractivity contribution in [2.24, 2.45) is 0 Å². The summed E-state index contributed by atoms with van der Waals surface area (Å²) in [5, 5.41) is 14.2. The number of H-pyrrole nitrogens is 1. The number of hydrogen-bond acceptors (Lipinski definition) is 5. The van der Waals surface area contributed by atoms with Crippen LogP contribution >= 0.6 is 0 Å². The van der Waals surface area contributed by atoms with E-state index in [1.165, 1.54) is 24.8 Å². The van der Waals surface area contributed by atoms with Gasteiger partial charge in [0.2, 0.25) is 0 Å². The Labute approximate surface area is 209 Å². The van der Waals surface area contributed by atoms with E-state index in [-0.39, 0.29) is 17.1 Å². The highest BCUT2D eigenvalue weighted by Gasteiger charge is 2.35. The van der Waals surface area contributed by atoms with Crippen LogP contribution in [-0.4, -0.2) is 36.1 Å². The van der Waals surface area contributed by atoms with Gasteiger partial charge >= 0.3 is 0 Å². The number of rotatable bonds is 9. The highest BCUT2D eigenvalue weighted by atomic mass is 16.1. The van der Waals surface area contributed by atoms with Crippen molar-refractivity contribution in [2.75, 3.05) is 0 Å². The Hall–Kier alpha value is -2.54. The molecule has 1 N–H and O–H groups in total. The summed E-state index contributed by atoms with van der Waals surface area (Å²) < 4.78 is 2.03. The fourth-order valence-electron chi connectivity index (χ4n) is 5.65. The molecule has 0 bridgehead atoms. The van der Waals surface area contributed by atoms with E-state index < -0.39 is 0 Å². The van der Waals surface area contributed by atoms with Gasteiger partial charge in [-0.3, -0.25) is 9.69 Å². The van der Waals surface area contributed by atoms with Crippen LogP contribution in [0.3, 0.4) is 0 Å². The Balaban J connectivity index is 1.80. The number of tetrazole rings is 1. The number of nitrogens with zero attached hydrogens (tertiary/aromatic N) is 5. The van der Waals surface area contributed by atoms with Crippen molar-refractivity contribution in [2.45, 2.75) is 117 Å². The molecule has 1 saturated carbocycles. The van der Waals surface area contributed by atoms with Crippen molar-refractivity contribution in [1.82, 2.24) is 30.1 Å². The summed E-state index contributed by atoms with van der Waals surface area (Å²) in [6, 6.07) is 6.88. The van der Waals surface area contributed by atoms with Crippen LogP contribution in [-0.2, 0) is 12.1 Å². The van der Waals surface area contributed by atoms with Crippen molar-refractivity contribution in [3.8, 4) is 0 Å². The van der Waals surface area contributed by atoms with E-state index in [0.29, 0.717) is 12.6 Å². The summed E-state index contributed by atoms with van der Waals surface area (Å²) in [7, 11) is 0. The zero-order valence-electron chi connectivity index (χ0n) is 22.4. The molecule has 0 aliphatic heterocycles. The first-order valence-electron chi connectivity index (χ1n) is 13.4. The van der Waals surface area contributed by atoms with Crippen LogP contribution in [0.15, 0.2) is 23.0 Å². The lowest BCUT2D eigenvalue weighted by Gasteiger charge is -2.40. The number of pyridine rings is 1. The third-order valence-corrected chi connectivity index (χ3v) is 7.96. The van der Waals surface area contributed by atoms with Crippen LogP contribution in [0.5, 0.6) is 0 Å². The molecule has 35 heavy (non-hydrogen) atoms. The van der Waals surface area contributed by atoms with Gasteiger partial charge in [0.05, 0.1) is 17.1 Å². The van der Waals surface area contributed by atoms with Crippen LogP contribution in [0, 0.1) is 13.8 Å². The van der Waals surface area contributed by atoms with Gasteiger partial charge in [0.25, 0.3) is 5.56 Å². The van der Waals surface area contributed by atoms with E-state index in [1.807, 2.05) is 4.68 Å². The minimum Gasteiger partial charge on any atom is -0.321 e. The summed E-state index contributed by atoms with van der Waals surface area (Å²) in [6.07, 6.45) is 9.00. The van der Waals surface area contributed by atoms with E-state index in [0.717, 1.165) is 60.0 Å². The van der Waals surface area contributed by atoms with Gasteiger partial charge in [-0.25, -0.2) is 4.68 Å². The van der Waals surface area contributed by atoms with E-state index in [9.17, 15) is 4.79 Å². The maximum absolute atomic E-state index is 13.3. The molecule has 190 valence electrons. The van der Waals surface area contributed by atoms with Crippen LogP contribution in [0.25, 0.3) is 10.9 Å². The van der Waals surface area contributed by atoms with E-state index in [1.54, 1.807) is 0 Å². The first-order chi connectivity index (χ1) is 16.7. The zero-order chi connectivity index (χ0) is 25.2. The summed E-state index contributed by atoms with van der Waals surface area (Å²) in [5.41, 5.74) is 3.92. The Morgan fingerprint density at radius 2 is 1.89 bits per heavy atom. The molecule has 1 aliphatic rings. The molecule has 0 unspecified atom stereocenters. The Morgan fingerprint density at radius 1 is 1.14 bits per heavy atom. The normalized spacial score (nSPS) is 16.3. The van der Waals surface area contributed by atoms with Gasteiger partial charge in [0, 0.05) is 18.2 Å². The molecule has 2 aromatic heterocycles. The maximum Gasteiger partial charge on any atom is 0.252 e. The Morgan fingerprint density at radius 3 is 2.57 bits per heavy atom. The Kier molecular flexibility index (Phi) is 7.74. The number of aryl methyl sites for hydroxylation is 2. The lowest BCUT2D eigenvalue weighted by molar-refractivity contribution is 0.0770. The van der Waals surface area contributed by atoms with Gasteiger partial charge in [-0.15, -0.1) is 5.10 Å². The molecule has 2 heterocycles. The van der Waals surface area contributed by atoms with E-state index in [4.69, 9.17) is 0 Å². The molecule has 0 saturated heterocycles. The average molecular weight is 479 g/mol. The average Bonchev–Trinajstić information content (AvgIpc) is 3.33. The largest absolute Gasteiger partial charge is 0.321 e. The van der Waals surface area contributed by atoms with Crippen molar-refractivity contribution in [3.63, 3.8) is 0 Å². The van der Waals surface area contributed by atoms with Gasteiger partial charge in [0.1, 0.15) is 0 Å². The maximum atomic E-state index is 13.3. The number of benzene rings is 1.